The van der Waals surface area contributed by atoms with E-state index in [1.165, 1.54) is 24.3 Å². The molecule has 0 bridgehead atoms. The van der Waals surface area contributed by atoms with E-state index < -0.39 is 31.6 Å². The maximum Gasteiger partial charge on any atom is 0.269 e. The van der Waals surface area contributed by atoms with Crippen molar-refractivity contribution in [2.45, 2.75) is 4.90 Å². The van der Waals surface area contributed by atoms with E-state index in [-0.39, 0.29) is 17.8 Å². The molecule has 0 radical (unpaired) electrons. The highest BCUT2D eigenvalue weighted by atomic mass is 32.2. The predicted octanol–water partition coefficient (Wildman–Crippen LogP) is 2.16. The molecular formula is C20H21FN4O5S. The minimum absolute atomic E-state index is 0.00205. The molecular weight excluding hydrogens is 427 g/mol. The van der Waals surface area contributed by atoms with E-state index in [4.69, 9.17) is 0 Å². The molecule has 0 spiro atoms. The van der Waals surface area contributed by atoms with Crippen molar-refractivity contribution in [3.05, 3.63) is 76.6 Å². The monoisotopic (exact) mass is 448 g/mol. The number of nitro benzene ring substituents is 1. The van der Waals surface area contributed by atoms with Gasteiger partial charge in [0, 0.05) is 56.1 Å². The number of nitro groups is 1. The Labute approximate surface area is 179 Å². The molecule has 1 saturated heterocycles. The smallest absolute Gasteiger partial charge is 0.269 e. The summed E-state index contributed by atoms with van der Waals surface area (Å²) in [6.45, 7) is 5.07. The van der Waals surface area contributed by atoms with Crippen LogP contribution in [0, 0.1) is 15.9 Å². The SMILES string of the molecule is C=CCNS(=O)(=O)c1cc(C(=O)N2CCN(c3ccc([N+](=O)[O-])cc3)CC2)ccc1F. The van der Waals surface area contributed by atoms with Crippen LogP contribution in [0.5, 0.6) is 0 Å². The minimum Gasteiger partial charge on any atom is -0.368 e. The number of halogens is 1. The number of carbonyl (C=O) groups excluding carboxylic acids is 1. The largest absolute Gasteiger partial charge is 0.368 e. The molecule has 2 aromatic carbocycles. The van der Waals surface area contributed by atoms with Gasteiger partial charge < -0.3 is 9.80 Å². The lowest BCUT2D eigenvalue weighted by atomic mass is 10.1. The van der Waals surface area contributed by atoms with Crippen LogP contribution in [-0.2, 0) is 10.0 Å². The molecule has 0 aliphatic carbocycles. The number of anilines is 1. The fraction of sp³-hybridized carbons (Fsp3) is 0.250. The zero-order valence-electron chi connectivity index (χ0n) is 16.5. The molecule has 0 saturated carbocycles. The highest BCUT2D eigenvalue weighted by Gasteiger charge is 2.25. The standard InChI is InChI=1S/C20H21FN4O5S/c1-2-9-22-31(29,30)19-14-15(3-8-18(19)21)20(26)24-12-10-23(11-13-24)16-4-6-17(7-5-16)25(27)28/h2-8,14,22H,1,9-13H2. The second kappa shape index (κ2) is 9.23. The van der Waals surface area contributed by atoms with E-state index in [9.17, 15) is 27.7 Å². The molecule has 164 valence electrons. The molecule has 2 aromatic rings. The quantitative estimate of drug-likeness (QED) is 0.395. The van der Waals surface area contributed by atoms with Crippen LogP contribution < -0.4 is 9.62 Å². The first-order valence-corrected chi connectivity index (χ1v) is 10.9. The maximum atomic E-state index is 14.1. The van der Waals surface area contributed by atoms with Crippen LogP contribution in [0.3, 0.4) is 0 Å². The van der Waals surface area contributed by atoms with Gasteiger partial charge in [-0.3, -0.25) is 14.9 Å². The number of non-ortho nitro benzene ring substituents is 1. The molecule has 11 heteroatoms. The number of piperazine rings is 1. The predicted molar refractivity (Wildman–Crippen MR) is 113 cm³/mol. The van der Waals surface area contributed by atoms with Crippen molar-refractivity contribution in [2.75, 3.05) is 37.6 Å². The van der Waals surface area contributed by atoms with Crippen LogP contribution >= 0.6 is 0 Å². The van der Waals surface area contributed by atoms with Crippen LogP contribution in [0.2, 0.25) is 0 Å². The van der Waals surface area contributed by atoms with Crippen molar-refractivity contribution in [2.24, 2.45) is 0 Å². The lowest BCUT2D eigenvalue weighted by Crippen LogP contribution is -2.48. The first kappa shape index (κ1) is 22.4. The first-order chi connectivity index (χ1) is 14.7. The first-order valence-electron chi connectivity index (χ1n) is 9.42. The van der Waals surface area contributed by atoms with Crippen LogP contribution in [0.25, 0.3) is 0 Å². The van der Waals surface area contributed by atoms with Crippen LogP contribution in [-0.4, -0.2) is 56.9 Å². The van der Waals surface area contributed by atoms with Gasteiger partial charge in [0.15, 0.2) is 0 Å². The Bertz CT molecular complexity index is 1100. The van der Waals surface area contributed by atoms with Gasteiger partial charge in [0.1, 0.15) is 10.7 Å². The summed E-state index contributed by atoms with van der Waals surface area (Å²) in [5, 5.41) is 10.8. The molecule has 9 nitrogen and oxygen atoms in total. The second-order valence-corrected chi connectivity index (χ2v) is 8.57. The Kier molecular flexibility index (Phi) is 6.66. The van der Waals surface area contributed by atoms with Gasteiger partial charge in [0.25, 0.3) is 11.6 Å². The molecule has 1 fully saturated rings. The Hall–Kier alpha value is -3.31. The van der Waals surface area contributed by atoms with Crippen molar-refractivity contribution >= 4 is 27.3 Å². The van der Waals surface area contributed by atoms with Gasteiger partial charge in [-0.15, -0.1) is 6.58 Å². The lowest BCUT2D eigenvalue weighted by Gasteiger charge is -2.36. The molecule has 31 heavy (non-hydrogen) atoms. The summed E-state index contributed by atoms with van der Waals surface area (Å²) in [5.41, 5.74) is 0.882. The van der Waals surface area contributed by atoms with E-state index in [1.807, 2.05) is 4.90 Å². The Morgan fingerprint density at radius 1 is 1.16 bits per heavy atom. The van der Waals surface area contributed by atoms with Gasteiger partial charge in [-0.05, 0) is 30.3 Å². The second-order valence-electron chi connectivity index (χ2n) is 6.84. The number of rotatable bonds is 7. The van der Waals surface area contributed by atoms with Crippen LogP contribution in [0.4, 0.5) is 15.8 Å². The molecule has 1 heterocycles. The zero-order valence-corrected chi connectivity index (χ0v) is 17.3. The average molecular weight is 448 g/mol. The third-order valence-corrected chi connectivity index (χ3v) is 6.32. The number of carbonyl (C=O) groups is 1. The average Bonchev–Trinajstić information content (AvgIpc) is 2.77. The number of benzene rings is 2. The highest BCUT2D eigenvalue weighted by molar-refractivity contribution is 7.89. The Morgan fingerprint density at radius 2 is 1.81 bits per heavy atom. The third-order valence-electron chi connectivity index (χ3n) is 4.88. The van der Waals surface area contributed by atoms with E-state index in [0.717, 1.165) is 17.8 Å². The Morgan fingerprint density at radius 3 is 2.39 bits per heavy atom. The number of hydrogen-bond acceptors (Lipinski definition) is 6. The van der Waals surface area contributed by atoms with Crippen molar-refractivity contribution in [1.82, 2.24) is 9.62 Å². The van der Waals surface area contributed by atoms with Crippen molar-refractivity contribution < 1.29 is 22.5 Å². The minimum atomic E-state index is -4.12. The van der Waals surface area contributed by atoms with Gasteiger partial charge >= 0.3 is 0 Å². The molecule has 1 N–H and O–H groups in total. The molecule has 1 amide bonds. The Balaban J connectivity index is 1.70. The molecule has 0 unspecified atom stereocenters. The topological polar surface area (TPSA) is 113 Å². The number of hydrogen-bond donors (Lipinski definition) is 1. The molecule has 0 aromatic heterocycles. The molecule has 3 rings (SSSR count). The molecule has 0 atom stereocenters. The lowest BCUT2D eigenvalue weighted by molar-refractivity contribution is -0.384. The van der Waals surface area contributed by atoms with Gasteiger partial charge in [0.05, 0.1) is 4.92 Å². The van der Waals surface area contributed by atoms with Crippen LogP contribution in [0.15, 0.2) is 60.0 Å². The van der Waals surface area contributed by atoms with E-state index in [0.29, 0.717) is 26.2 Å². The summed E-state index contributed by atoms with van der Waals surface area (Å²) in [6.07, 6.45) is 1.33. The van der Waals surface area contributed by atoms with Crippen molar-refractivity contribution in [1.29, 1.82) is 0 Å². The highest BCUT2D eigenvalue weighted by Crippen LogP contribution is 2.22. The molecule has 1 aliphatic rings. The van der Waals surface area contributed by atoms with Gasteiger partial charge in [-0.1, -0.05) is 6.08 Å². The fourth-order valence-corrected chi connectivity index (χ4v) is 4.32. The van der Waals surface area contributed by atoms with Gasteiger partial charge in [-0.2, -0.15) is 0 Å². The number of nitrogens with zero attached hydrogens (tertiary/aromatic N) is 3. The van der Waals surface area contributed by atoms with Gasteiger partial charge in [0.2, 0.25) is 10.0 Å². The number of nitrogens with one attached hydrogen (secondary N) is 1. The number of amides is 1. The van der Waals surface area contributed by atoms with Crippen molar-refractivity contribution in [3.63, 3.8) is 0 Å². The normalized spacial score (nSPS) is 14.4. The van der Waals surface area contributed by atoms with E-state index >= 15 is 0 Å². The maximum absolute atomic E-state index is 14.1. The summed E-state index contributed by atoms with van der Waals surface area (Å²) in [5.74, 6) is -1.35. The zero-order chi connectivity index (χ0) is 22.6. The molecule has 1 aliphatic heterocycles. The van der Waals surface area contributed by atoms with Gasteiger partial charge in [-0.25, -0.2) is 17.5 Å². The summed E-state index contributed by atoms with van der Waals surface area (Å²) in [4.78, 5) is 26.1. The fourth-order valence-electron chi connectivity index (χ4n) is 3.22. The summed E-state index contributed by atoms with van der Waals surface area (Å²) in [6, 6.07) is 9.41. The van der Waals surface area contributed by atoms with E-state index in [2.05, 4.69) is 11.3 Å². The summed E-state index contributed by atoms with van der Waals surface area (Å²) >= 11 is 0. The summed E-state index contributed by atoms with van der Waals surface area (Å²) < 4.78 is 40.8. The van der Waals surface area contributed by atoms with Crippen molar-refractivity contribution in [3.8, 4) is 0 Å². The third kappa shape index (κ3) is 5.06. The summed E-state index contributed by atoms with van der Waals surface area (Å²) in [7, 11) is -4.12. The van der Waals surface area contributed by atoms with E-state index in [1.54, 1.807) is 17.0 Å². The van der Waals surface area contributed by atoms with Crippen LogP contribution in [0.1, 0.15) is 10.4 Å². The number of sulfonamides is 1.